The number of hydrogen-bond donors (Lipinski definition) is 2. The first-order chi connectivity index (χ1) is 16.0. The number of fused-ring (bicyclic) bond motifs is 3. The number of aromatic nitrogens is 2. The molecule has 1 saturated carbocycles. The Bertz CT molecular complexity index is 1030. The largest absolute Gasteiger partial charge is 0.377 e. The predicted molar refractivity (Wildman–Crippen MR) is 133 cm³/mol. The van der Waals surface area contributed by atoms with E-state index in [1.54, 1.807) is 13.2 Å². The number of hydrogen-bond acceptors (Lipinski definition) is 6. The van der Waals surface area contributed by atoms with Gasteiger partial charge < -0.3 is 25.2 Å². The van der Waals surface area contributed by atoms with Crippen LogP contribution in [0.15, 0.2) is 30.5 Å². The molecule has 5 rings (SSSR count). The summed E-state index contributed by atoms with van der Waals surface area (Å²) in [6.07, 6.45) is 4.08. The van der Waals surface area contributed by atoms with E-state index in [0.717, 1.165) is 29.9 Å². The Morgan fingerprint density at radius 1 is 1.27 bits per heavy atom. The lowest BCUT2D eigenvalue weighted by Gasteiger charge is -2.50. The maximum absolute atomic E-state index is 13.4. The van der Waals surface area contributed by atoms with Gasteiger partial charge in [0.1, 0.15) is 11.2 Å². The number of benzene rings is 1. The fourth-order valence-corrected chi connectivity index (χ4v) is 4.20. The first kappa shape index (κ1) is 23.0. The Hall–Kier alpha value is -3.20. The number of morpholine rings is 1. The summed E-state index contributed by atoms with van der Waals surface area (Å²) in [5.41, 5.74) is 1.54. The first-order valence-corrected chi connectivity index (χ1v) is 11.6. The van der Waals surface area contributed by atoms with Crippen LogP contribution in [0.5, 0.6) is 0 Å². The van der Waals surface area contributed by atoms with E-state index >= 15 is 0 Å². The molecule has 3 heterocycles. The summed E-state index contributed by atoms with van der Waals surface area (Å²) in [4.78, 5) is 38.3. The molecule has 1 aromatic carbocycles. The maximum Gasteiger partial charge on any atom is 0.318 e. The second-order valence-electron chi connectivity index (χ2n) is 8.52. The van der Waals surface area contributed by atoms with Gasteiger partial charge in [-0.05, 0) is 49.9 Å². The normalized spacial score (nSPS) is 21.4. The summed E-state index contributed by atoms with van der Waals surface area (Å²) >= 11 is 0. The molecule has 2 N–H and O–H groups in total. The van der Waals surface area contributed by atoms with Crippen LogP contribution in [-0.4, -0.2) is 60.8 Å². The number of ether oxygens (including phenoxy) is 1. The van der Waals surface area contributed by atoms with Gasteiger partial charge in [-0.25, -0.2) is 14.8 Å². The number of amides is 3. The number of nitrogens with one attached hydrogen (secondary N) is 2. The fourth-order valence-electron chi connectivity index (χ4n) is 4.20. The van der Waals surface area contributed by atoms with Crippen molar-refractivity contribution in [2.24, 2.45) is 5.92 Å². The third-order valence-corrected chi connectivity index (χ3v) is 6.21. The number of urea groups is 1. The third kappa shape index (κ3) is 4.37. The topological polar surface area (TPSA) is 99.7 Å². The average Bonchev–Trinajstić information content (AvgIpc) is 3.67. The molecule has 3 amide bonds. The van der Waals surface area contributed by atoms with E-state index in [4.69, 9.17) is 9.72 Å². The maximum atomic E-state index is 13.4. The number of rotatable bonds is 4. The minimum Gasteiger partial charge on any atom is -0.377 e. The van der Waals surface area contributed by atoms with Crippen molar-refractivity contribution < 1.29 is 17.2 Å². The molecule has 2 aromatic rings. The second-order valence-corrected chi connectivity index (χ2v) is 8.52. The number of carbonyl (C=O) groups excluding carboxylic acids is 2. The van der Waals surface area contributed by atoms with E-state index in [-0.39, 0.29) is 14.8 Å². The zero-order chi connectivity index (χ0) is 23.6. The van der Waals surface area contributed by atoms with E-state index in [9.17, 15) is 9.59 Å². The van der Waals surface area contributed by atoms with Gasteiger partial charge in [0.05, 0.1) is 19.4 Å². The van der Waals surface area contributed by atoms with Crippen LogP contribution >= 0.6 is 0 Å². The molecule has 0 bridgehead atoms. The molecule has 1 aliphatic carbocycles. The van der Waals surface area contributed by atoms with Crippen molar-refractivity contribution in [2.45, 2.75) is 39.2 Å². The van der Waals surface area contributed by atoms with Crippen LogP contribution in [0.3, 0.4) is 0 Å². The van der Waals surface area contributed by atoms with E-state index in [0.29, 0.717) is 43.7 Å². The van der Waals surface area contributed by atoms with Crippen LogP contribution < -0.4 is 20.4 Å². The molecule has 180 valence electrons. The highest BCUT2D eigenvalue weighted by Crippen LogP contribution is 2.43. The summed E-state index contributed by atoms with van der Waals surface area (Å²) < 4.78 is 5.69. The molecule has 9 heteroatoms. The number of carbonyl (C=O) groups is 2. The van der Waals surface area contributed by atoms with Gasteiger partial charge in [-0.3, -0.25) is 4.79 Å². The van der Waals surface area contributed by atoms with Gasteiger partial charge in [0.25, 0.3) is 5.91 Å². The molecular weight excluding hydrogens is 420 g/mol. The molecule has 33 heavy (non-hydrogen) atoms. The Balaban J connectivity index is 0.00000105. The van der Waals surface area contributed by atoms with Crippen LogP contribution in [0.25, 0.3) is 11.4 Å². The van der Waals surface area contributed by atoms with Crippen molar-refractivity contribution in [2.75, 3.05) is 48.5 Å². The van der Waals surface area contributed by atoms with Gasteiger partial charge in [-0.15, -0.1) is 0 Å². The summed E-state index contributed by atoms with van der Waals surface area (Å²) in [6.45, 7) is 8.17. The van der Waals surface area contributed by atoms with Crippen molar-refractivity contribution >= 4 is 29.1 Å². The smallest absolute Gasteiger partial charge is 0.318 e. The molecule has 9 nitrogen and oxygen atoms in total. The fraction of sp³-hybridized carbons (Fsp3) is 0.500. The van der Waals surface area contributed by atoms with Crippen molar-refractivity contribution in [3.8, 4) is 11.4 Å². The Morgan fingerprint density at radius 3 is 2.67 bits per heavy atom. The highest BCUT2D eigenvalue weighted by Gasteiger charge is 2.51. The van der Waals surface area contributed by atoms with Crippen molar-refractivity contribution in [3.05, 3.63) is 30.5 Å². The van der Waals surface area contributed by atoms with Crippen LogP contribution in [0.1, 0.15) is 36.5 Å². The molecule has 1 aromatic heterocycles. The molecule has 3 aliphatic rings. The van der Waals surface area contributed by atoms with Gasteiger partial charge in [-0.1, -0.05) is 13.8 Å². The zero-order valence-electron chi connectivity index (χ0n) is 19.7. The van der Waals surface area contributed by atoms with Crippen molar-refractivity contribution in [1.82, 2.24) is 15.3 Å². The van der Waals surface area contributed by atoms with Gasteiger partial charge in [0.15, 0.2) is 11.6 Å². The lowest BCUT2D eigenvalue weighted by Crippen LogP contribution is -2.67. The van der Waals surface area contributed by atoms with Crippen LogP contribution in [0.2, 0.25) is 0 Å². The monoisotopic (exact) mass is 456 g/mol. The van der Waals surface area contributed by atoms with Crippen LogP contribution in [-0.2, 0) is 9.53 Å². The van der Waals surface area contributed by atoms with Crippen molar-refractivity contribution in [1.29, 1.82) is 0 Å². The minimum absolute atomic E-state index is 0. The molecule has 0 spiro atoms. The van der Waals surface area contributed by atoms with Crippen LogP contribution in [0, 0.1) is 5.92 Å². The minimum atomic E-state index is -0.757. The van der Waals surface area contributed by atoms with Crippen LogP contribution in [0.4, 0.5) is 22.0 Å². The summed E-state index contributed by atoms with van der Waals surface area (Å²) in [6, 6.07) is 7.11. The number of nitrogens with zero attached hydrogens (tertiary/aromatic N) is 4. The Labute approximate surface area is 197 Å². The van der Waals surface area contributed by atoms with E-state index in [1.807, 2.05) is 49.9 Å². The van der Waals surface area contributed by atoms with Gasteiger partial charge in [0.2, 0.25) is 0 Å². The first-order valence-electron chi connectivity index (χ1n) is 11.6. The SMILES string of the molecule is CC.CNC(=O)Nc1ccc(-c2ncc3c(n2)N2CCOC[C@@]2(C)C(=O)N3CC2CC2)cc1.[HH].[HH]. The van der Waals surface area contributed by atoms with E-state index in [1.165, 1.54) is 0 Å². The highest BCUT2D eigenvalue weighted by atomic mass is 16.5. The van der Waals surface area contributed by atoms with E-state index in [2.05, 4.69) is 20.5 Å². The third-order valence-electron chi connectivity index (χ3n) is 6.21. The molecular formula is C24H36N6O3. The number of anilines is 3. The predicted octanol–water partition coefficient (Wildman–Crippen LogP) is 3.77. The molecule has 1 atom stereocenters. The molecule has 0 radical (unpaired) electrons. The molecule has 2 aliphatic heterocycles. The Kier molecular flexibility index (Phi) is 6.51. The second kappa shape index (κ2) is 9.35. The van der Waals surface area contributed by atoms with Gasteiger partial charge in [-0.2, -0.15) is 0 Å². The van der Waals surface area contributed by atoms with Gasteiger partial charge >= 0.3 is 6.03 Å². The average molecular weight is 457 g/mol. The lowest BCUT2D eigenvalue weighted by atomic mass is 9.93. The quantitative estimate of drug-likeness (QED) is 0.727. The summed E-state index contributed by atoms with van der Waals surface area (Å²) in [5, 5.41) is 5.27. The zero-order valence-corrected chi connectivity index (χ0v) is 19.7. The highest BCUT2D eigenvalue weighted by molar-refractivity contribution is 6.08. The van der Waals surface area contributed by atoms with Gasteiger partial charge in [0, 0.05) is 34.2 Å². The Morgan fingerprint density at radius 2 is 2.00 bits per heavy atom. The molecule has 1 saturated heterocycles. The molecule has 2 fully saturated rings. The van der Waals surface area contributed by atoms with E-state index < -0.39 is 5.54 Å². The summed E-state index contributed by atoms with van der Waals surface area (Å²) in [7, 11) is 1.57. The van der Waals surface area contributed by atoms with Crippen molar-refractivity contribution in [3.63, 3.8) is 0 Å². The molecule has 0 unspecified atom stereocenters. The lowest BCUT2D eigenvalue weighted by molar-refractivity contribution is -0.127. The summed E-state index contributed by atoms with van der Waals surface area (Å²) in [5.74, 6) is 1.98. The standard InChI is InChI=1S/C22H26N6O3.C2H6.2H2/c1-22-13-31-10-9-28(22)19-17(27(20(22)29)12-14-3-4-14)11-24-18(26-19)15-5-7-16(8-6-15)25-21(30)23-2;1-2;;/h5-8,11,14H,3-4,9-10,12-13H2,1-2H3,(H2,23,25,30);1-2H3;2*1H/t22-;;;/m0.../s1.